The summed E-state index contributed by atoms with van der Waals surface area (Å²) in [5.74, 6) is -2.60. The van der Waals surface area contributed by atoms with Gasteiger partial charge in [-0.25, -0.2) is 17.2 Å². The Hall–Kier alpha value is -2.34. The molecule has 2 aliphatic heterocycles. The van der Waals surface area contributed by atoms with Crippen LogP contribution in [0.15, 0.2) is 53.4 Å². The smallest absolute Gasteiger partial charge is 0.250 e. The van der Waals surface area contributed by atoms with Crippen molar-refractivity contribution in [2.45, 2.75) is 36.1 Å². The van der Waals surface area contributed by atoms with Crippen LogP contribution in [-0.4, -0.2) is 55.8 Å². The molecule has 2 heterocycles. The molecule has 0 radical (unpaired) electrons. The van der Waals surface area contributed by atoms with Crippen LogP contribution in [0.5, 0.6) is 0 Å². The van der Waals surface area contributed by atoms with Crippen molar-refractivity contribution in [2.24, 2.45) is 0 Å². The first-order chi connectivity index (χ1) is 14.3. The van der Waals surface area contributed by atoms with E-state index in [-0.39, 0.29) is 23.8 Å². The highest BCUT2D eigenvalue weighted by Crippen LogP contribution is 2.32. The monoisotopic (exact) mass is 431 g/mol. The normalized spacial score (nSPS) is 22.6. The van der Waals surface area contributed by atoms with E-state index in [1.807, 2.05) is 17.0 Å². The number of nitrogens with zero attached hydrogens (tertiary/aromatic N) is 3. The third-order valence-electron chi connectivity index (χ3n) is 6.01. The van der Waals surface area contributed by atoms with Crippen LogP contribution in [0.25, 0.3) is 11.1 Å². The molecule has 2 aromatic rings. The van der Waals surface area contributed by atoms with E-state index in [2.05, 4.69) is 6.07 Å². The number of piperidine rings is 1. The summed E-state index contributed by atoms with van der Waals surface area (Å²) in [6, 6.07) is 15.9. The third-order valence-corrected chi connectivity index (χ3v) is 7.89. The molecule has 0 amide bonds. The third kappa shape index (κ3) is 4.24. The van der Waals surface area contributed by atoms with Gasteiger partial charge in [0.2, 0.25) is 10.0 Å². The number of alkyl halides is 2. The SMILES string of the molecule is N#Cc1ccc(-c2ccc(S(=O)(=O)N3CC[C@@H](N4CCC(F)(F)CC4)C3)cc2)cc1. The summed E-state index contributed by atoms with van der Waals surface area (Å²) >= 11 is 0. The van der Waals surface area contributed by atoms with Crippen LogP contribution in [0.3, 0.4) is 0 Å². The van der Waals surface area contributed by atoms with Gasteiger partial charge in [-0.1, -0.05) is 24.3 Å². The molecular weight excluding hydrogens is 408 g/mol. The molecule has 5 nitrogen and oxygen atoms in total. The van der Waals surface area contributed by atoms with Gasteiger partial charge in [0.05, 0.1) is 16.5 Å². The van der Waals surface area contributed by atoms with Crippen LogP contribution >= 0.6 is 0 Å². The van der Waals surface area contributed by atoms with Crippen LogP contribution in [0.4, 0.5) is 8.78 Å². The van der Waals surface area contributed by atoms with Crippen molar-refractivity contribution in [2.75, 3.05) is 26.2 Å². The van der Waals surface area contributed by atoms with Gasteiger partial charge in [0.25, 0.3) is 5.92 Å². The average Bonchev–Trinajstić information content (AvgIpc) is 3.25. The number of benzene rings is 2. The molecule has 2 saturated heterocycles. The molecular formula is C22H23F2N3O2S. The van der Waals surface area contributed by atoms with E-state index in [9.17, 15) is 17.2 Å². The van der Waals surface area contributed by atoms with Crippen molar-refractivity contribution in [1.82, 2.24) is 9.21 Å². The molecule has 4 rings (SSSR count). The van der Waals surface area contributed by atoms with Crippen LogP contribution in [0, 0.1) is 11.3 Å². The number of hydrogen-bond acceptors (Lipinski definition) is 4. The van der Waals surface area contributed by atoms with Gasteiger partial charge in [-0.2, -0.15) is 9.57 Å². The Bertz CT molecular complexity index is 1040. The second kappa shape index (κ2) is 8.06. The fourth-order valence-electron chi connectivity index (χ4n) is 4.15. The lowest BCUT2D eigenvalue weighted by atomic mass is 10.0. The summed E-state index contributed by atoms with van der Waals surface area (Å²) in [7, 11) is -3.63. The first kappa shape index (κ1) is 20.9. The second-order valence-corrected chi connectivity index (χ2v) is 9.85. The topological polar surface area (TPSA) is 64.4 Å². The summed E-state index contributed by atoms with van der Waals surface area (Å²) in [5.41, 5.74) is 2.34. The molecule has 0 spiro atoms. The molecule has 0 aromatic heterocycles. The van der Waals surface area contributed by atoms with Gasteiger partial charge >= 0.3 is 0 Å². The van der Waals surface area contributed by atoms with Gasteiger partial charge in [-0.3, -0.25) is 4.90 Å². The Kier molecular flexibility index (Phi) is 5.62. The van der Waals surface area contributed by atoms with Gasteiger partial charge in [0.1, 0.15) is 0 Å². The van der Waals surface area contributed by atoms with E-state index in [1.165, 1.54) is 4.31 Å². The second-order valence-electron chi connectivity index (χ2n) is 7.91. The highest BCUT2D eigenvalue weighted by molar-refractivity contribution is 7.89. The number of nitriles is 1. The number of likely N-dealkylation sites (tertiary alicyclic amines) is 1. The lowest BCUT2D eigenvalue weighted by Crippen LogP contribution is -2.46. The molecule has 0 N–H and O–H groups in total. The quantitative estimate of drug-likeness (QED) is 0.740. The molecule has 1 atom stereocenters. The number of rotatable bonds is 4. The minimum Gasteiger partial charge on any atom is -0.299 e. The van der Waals surface area contributed by atoms with E-state index in [0.29, 0.717) is 38.2 Å². The molecule has 0 bridgehead atoms. The minimum atomic E-state index is -3.63. The van der Waals surface area contributed by atoms with Crippen molar-refractivity contribution in [3.63, 3.8) is 0 Å². The lowest BCUT2D eigenvalue weighted by molar-refractivity contribution is -0.0618. The van der Waals surface area contributed by atoms with Crippen molar-refractivity contribution < 1.29 is 17.2 Å². The highest BCUT2D eigenvalue weighted by atomic mass is 32.2. The van der Waals surface area contributed by atoms with Crippen LogP contribution in [0.2, 0.25) is 0 Å². The van der Waals surface area contributed by atoms with Crippen molar-refractivity contribution in [3.05, 3.63) is 54.1 Å². The standard InChI is InChI=1S/C22H23F2N3O2S/c23-22(24)10-13-26(14-11-22)20-9-12-27(16-20)30(28,29)21-7-5-19(6-8-21)18-3-1-17(15-25)2-4-18/h1-8,20H,9-14,16H2/t20-/m1/s1. The zero-order valence-corrected chi connectivity index (χ0v) is 17.3. The zero-order valence-electron chi connectivity index (χ0n) is 16.5. The fourth-order valence-corrected chi connectivity index (χ4v) is 5.64. The van der Waals surface area contributed by atoms with Crippen LogP contribution in [0.1, 0.15) is 24.8 Å². The summed E-state index contributed by atoms with van der Waals surface area (Å²) in [5, 5.41) is 8.90. The molecule has 2 aliphatic rings. The van der Waals surface area contributed by atoms with E-state index < -0.39 is 15.9 Å². The average molecular weight is 432 g/mol. The predicted octanol–water partition coefficient (Wildman–Crippen LogP) is 3.72. The fraction of sp³-hybridized carbons (Fsp3) is 0.409. The number of sulfonamides is 1. The summed E-state index contributed by atoms with van der Waals surface area (Å²) in [6.45, 7) is 1.36. The molecule has 158 valence electrons. The molecule has 30 heavy (non-hydrogen) atoms. The van der Waals surface area contributed by atoms with Gasteiger partial charge < -0.3 is 0 Å². The van der Waals surface area contributed by atoms with Crippen LogP contribution < -0.4 is 0 Å². The summed E-state index contributed by atoms with van der Waals surface area (Å²) in [4.78, 5) is 2.23. The van der Waals surface area contributed by atoms with Crippen molar-refractivity contribution in [1.29, 1.82) is 5.26 Å². The van der Waals surface area contributed by atoms with E-state index >= 15 is 0 Å². The summed E-state index contributed by atoms with van der Waals surface area (Å²) in [6.07, 6.45) is 0.342. The first-order valence-electron chi connectivity index (χ1n) is 10.0. The van der Waals surface area contributed by atoms with Crippen molar-refractivity contribution in [3.8, 4) is 17.2 Å². The Morgan fingerprint density at radius 2 is 1.50 bits per heavy atom. The molecule has 0 saturated carbocycles. The molecule has 0 unspecified atom stereocenters. The molecule has 2 fully saturated rings. The largest absolute Gasteiger partial charge is 0.299 e. The Morgan fingerprint density at radius 1 is 0.933 bits per heavy atom. The number of halogens is 2. The number of hydrogen-bond donors (Lipinski definition) is 0. The van der Waals surface area contributed by atoms with Crippen molar-refractivity contribution >= 4 is 10.0 Å². The predicted molar refractivity (Wildman–Crippen MR) is 110 cm³/mol. The van der Waals surface area contributed by atoms with Gasteiger partial charge in [0, 0.05) is 45.1 Å². The molecule has 8 heteroatoms. The van der Waals surface area contributed by atoms with Crippen LogP contribution in [-0.2, 0) is 10.0 Å². The van der Waals surface area contributed by atoms with E-state index in [1.54, 1.807) is 36.4 Å². The maximum Gasteiger partial charge on any atom is 0.250 e. The van der Waals surface area contributed by atoms with Gasteiger partial charge in [0.15, 0.2) is 0 Å². The minimum absolute atomic E-state index is 0.00574. The zero-order chi connectivity index (χ0) is 21.4. The summed E-state index contributed by atoms with van der Waals surface area (Å²) < 4.78 is 54.4. The lowest BCUT2D eigenvalue weighted by Gasteiger charge is -2.35. The maximum atomic E-state index is 13.4. The van der Waals surface area contributed by atoms with E-state index in [4.69, 9.17) is 5.26 Å². The highest BCUT2D eigenvalue weighted by Gasteiger charge is 2.40. The van der Waals surface area contributed by atoms with Gasteiger partial charge in [-0.15, -0.1) is 0 Å². The molecule has 0 aliphatic carbocycles. The first-order valence-corrected chi connectivity index (χ1v) is 11.5. The Morgan fingerprint density at radius 3 is 2.07 bits per heavy atom. The molecule has 2 aromatic carbocycles. The Labute approximate surface area is 175 Å². The van der Waals surface area contributed by atoms with E-state index in [0.717, 1.165) is 11.1 Å². The van der Waals surface area contributed by atoms with Gasteiger partial charge in [-0.05, 0) is 41.8 Å². The maximum absolute atomic E-state index is 13.4. The Balaban J connectivity index is 1.44.